The summed E-state index contributed by atoms with van der Waals surface area (Å²) in [5.74, 6) is -0.133. The summed E-state index contributed by atoms with van der Waals surface area (Å²) in [6.07, 6.45) is -5.44. The van der Waals surface area contributed by atoms with E-state index in [1.165, 1.54) is 30.3 Å². The first-order valence-corrected chi connectivity index (χ1v) is 8.42. The Labute approximate surface area is 178 Å². The van der Waals surface area contributed by atoms with Crippen LogP contribution in [0.3, 0.4) is 0 Å². The lowest BCUT2D eigenvalue weighted by atomic mass is 10.1. The average molecular weight is 511 g/mol. The summed E-state index contributed by atoms with van der Waals surface area (Å²) < 4.78 is 51.4. The highest BCUT2D eigenvalue weighted by Gasteiger charge is 2.29. The number of nitrogens with one attached hydrogen (secondary N) is 2. The molecule has 0 bridgehead atoms. The lowest BCUT2D eigenvalue weighted by Gasteiger charge is -2.16. The van der Waals surface area contributed by atoms with Gasteiger partial charge in [-0.05, 0) is 30.7 Å². The Morgan fingerprint density at radius 3 is 2.29 bits per heavy atom. The van der Waals surface area contributed by atoms with Crippen LogP contribution in [-0.2, 0) is 12.7 Å². The van der Waals surface area contributed by atoms with Gasteiger partial charge >= 0.3 is 6.18 Å². The van der Waals surface area contributed by atoms with E-state index in [0.29, 0.717) is 18.1 Å². The number of rotatable bonds is 6. The quantitative estimate of drug-likeness (QED) is 0.235. The molecule has 1 unspecified atom stereocenters. The number of hydrogen-bond acceptors (Lipinski definition) is 2. The van der Waals surface area contributed by atoms with Crippen LogP contribution in [-0.4, -0.2) is 24.2 Å². The molecular formula is C19H22F4IN3O. The van der Waals surface area contributed by atoms with Gasteiger partial charge in [-0.2, -0.15) is 13.2 Å². The van der Waals surface area contributed by atoms with Gasteiger partial charge in [0, 0.05) is 18.7 Å². The lowest BCUT2D eigenvalue weighted by molar-refractivity contribution is -0.137. The molecule has 28 heavy (non-hydrogen) atoms. The van der Waals surface area contributed by atoms with Crippen molar-refractivity contribution in [2.75, 3.05) is 13.1 Å². The van der Waals surface area contributed by atoms with Crippen molar-refractivity contribution in [3.05, 3.63) is 71.0 Å². The minimum Gasteiger partial charge on any atom is -0.386 e. The Hall–Kier alpha value is -1.88. The third-order valence-corrected chi connectivity index (χ3v) is 3.77. The molecule has 0 amide bonds. The predicted molar refractivity (Wildman–Crippen MR) is 111 cm³/mol. The number of aliphatic hydroxyl groups is 1. The van der Waals surface area contributed by atoms with Crippen molar-refractivity contribution in [1.29, 1.82) is 0 Å². The van der Waals surface area contributed by atoms with Crippen molar-refractivity contribution in [2.24, 2.45) is 4.99 Å². The SMILES string of the molecule is CCNC(=NCc1ccc(C(F)(F)F)cc1)NCC(O)c1ccccc1F.I. The smallest absolute Gasteiger partial charge is 0.386 e. The Balaban J connectivity index is 0.00000392. The molecule has 4 nitrogen and oxygen atoms in total. The molecule has 2 aromatic carbocycles. The van der Waals surface area contributed by atoms with E-state index in [0.717, 1.165) is 12.1 Å². The first kappa shape index (κ1) is 24.2. The van der Waals surface area contributed by atoms with Crippen LogP contribution in [0.1, 0.15) is 29.7 Å². The maximum absolute atomic E-state index is 13.7. The highest BCUT2D eigenvalue weighted by Crippen LogP contribution is 2.29. The van der Waals surface area contributed by atoms with Crippen molar-refractivity contribution in [3.8, 4) is 0 Å². The Bertz CT molecular complexity index is 767. The number of aliphatic hydroxyl groups excluding tert-OH is 1. The first-order chi connectivity index (χ1) is 12.8. The number of hydrogen-bond donors (Lipinski definition) is 3. The van der Waals surface area contributed by atoms with Gasteiger partial charge in [-0.3, -0.25) is 0 Å². The minimum absolute atomic E-state index is 0. The fraction of sp³-hybridized carbons (Fsp3) is 0.316. The summed E-state index contributed by atoms with van der Waals surface area (Å²) >= 11 is 0. The molecular weight excluding hydrogens is 489 g/mol. The van der Waals surface area contributed by atoms with E-state index >= 15 is 0 Å². The van der Waals surface area contributed by atoms with Crippen molar-refractivity contribution < 1.29 is 22.7 Å². The molecule has 0 spiro atoms. The van der Waals surface area contributed by atoms with Crippen LogP contribution < -0.4 is 10.6 Å². The average Bonchev–Trinajstić information content (AvgIpc) is 2.63. The maximum Gasteiger partial charge on any atom is 0.416 e. The van der Waals surface area contributed by atoms with E-state index in [1.54, 1.807) is 6.07 Å². The van der Waals surface area contributed by atoms with Crippen molar-refractivity contribution in [1.82, 2.24) is 10.6 Å². The monoisotopic (exact) mass is 511 g/mol. The second kappa shape index (κ2) is 11.2. The Morgan fingerprint density at radius 2 is 1.71 bits per heavy atom. The summed E-state index contributed by atoms with van der Waals surface area (Å²) in [4.78, 5) is 4.27. The molecule has 0 saturated carbocycles. The van der Waals surface area contributed by atoms with Gasteiger partial charge in [-0.25, -0.2) is 9.38 Å². The molecule has 0 saturated heterocycles. The highest BCUT2D eigenvalue weighted by molar-refractivity contribution is 14.0. The van der Waals surface area contributed by atoms with Gasteiger partial charge in [0.15, 0.2) is 5.96 Å². The molecule has 2 aromatic rings. The number of benzene rings is 2. The van der Waals surface area contributed by atoms with Crippen LogP contribution in [0.2, 0.25) is 0 Å². The van der Waals surface area contributed by atoms with Gasteiger partial charge in [-0.15, -0.1) is 24.0 Å². The maximum atomic E-state index is 13.7. The van der Waals surface area contributed by atoms with E-state index in [1.807, 2.05) is 6.92 Å². The molecule has 0 aliphatic rings. The standard InChI is InChI=1S/C19H21F4N3O.HI/c1-2-24-18(26-12-17(27)15-5-3-4-6-16(15)20)25-11-13-7-9-14(10-8-13)19(21,22)23;/h3-10,17,27H,2,11-12H2,1H3,(H2,24,25,26);1H. The summed E-state index contributed by atoms with van der Waals surface area (Å²) in [6.45, 7) is 2.58. The topological polar surface area (TPSA) is 56.7 Å². The molecule has 0 aliphatic carbocycles. The minimum atomic E-state index is -4.37. The van der Waals surface area contributed by atoms with Gasteiger partial charge in [0.25, 0.3) is 0 Å². The fourth-order valence-electron chi connectivity index (χ4n) is 2.36. The summed E-state index contributed by atoms with van der Waals surface area (Å²) in [5, 5.41) is 16.0. The summed E-state index contributed by atoms with van der Waals surface area (Å²) in [6, 6.07) is 10.7. The van der Waals surface area contributed by atoms with Crippen molar-refractivity contribution in [3.63, 3.8) is 0 Å². The Kier molecular flexibility index (Phi) is 9.66. The molecule has 154 valence electrons. The molecule has 0 aliphatic heterocycles. The van der Waals surface area contributed by atoms with Crippen LogP contribution in [0, 0.1) is 5.82 Å². The predicted octanol–water partition coefficient (Wildman–Crippen LogP) is 4.25. The second-order valence-electron chi connectivity index (χ2n) is 5.81. The van der Waals surface area contributed by atoms with Crippen LogP contribution >= 0.6 is 24.0 Å². The Morgan fingerprint density at radius 1 is 1.07 bits per heavy atom. The molecule has 0 aromatic heterocycles. The van der Waals surface area contributed by atoms with E-state index in [4.69, 9.17) is 0 Å². The molecule has 3 N–H and O–H groups in total. The van der Waals surface area contributed by atoms with Crippen LogP contribution in [0.4, 0.5) is 17.6 Å². The van der Waals surface area contributed by atoms with Gasteiger partial charge in [-0.1, -0.05) is 30.3 Å². The van der Waals surface area contributed by atoms with Crippen molar-refractivity contribution in [2.45, 2.75) is 25.7 Å². The molecule has 1 atom stereocenters. The number of nitrogens with zero attached hydrogens (tertiary/aromatic N) is 1. The van der Waals surface area contributed by atoms with E-state index in [-0.39, 0.29) is 42.6 Å². The normalized spacial score (nSPS) is 12.9. The second-order valence-corrected chi connectivity index (χ2v) is 5.81. The number of alkyl halides is 3. The zero-order valence-corrected chi connectivity index (χ0v) is 17.5. The van der Waals surface area contributed by atoms with E-state index in [9.17, 15) is 22.7 Å². The van der Waals surface area contributed by atoms with Gasteiger partial charge in [0.05, 0.1) is 18.2 Å². The third-order valence-electron chi connectivity index (χ3n) is 3.77. The highest BCUT2D eigenvalue weighted by atomic mass is 127. The van der Waals surface area contributed by atoms with Crippen LogP contribution in [0.25, 0.3) is 0 Å². The van der Waals surface area contributed by atoms with Crippen LogP contribution in [0.5, 0.6) is 0 Å². The van der Waals surface area contributed by atoms with Gasteiger partial charge < -0.3 is 15.7 Å². The largest absolute Gasteiger partial charge is 0.416 e. The molecule has 0 radical (unpaired) electrons. The molecule has 2 rings (SSSR count). The molecule has 0 fully saturated rings. The molecule has 9 heteroatoms. The van der Waals surface area contributed by atoms with E-state index in [2.05, 4.69) is 15.6 Å². The molecule has 0 heterocycles. The van der Waals surface area contributed by atoms with E-state index < -0.39 is 23.7 Å². The number of halogens is 5. The summed E-state index contributed by atoms with van der Waals surface area (Å²) in [5.41, 5.74) is 0.0618. The zero-order valence-electron chi connectivity index (χ0n) is 15.1. The third kappa shape index (κ3) is 7.27. The van der Waals surface area contributed by atoms with Gasteiger partial charge in [0.1, 0.15) is 5.82 Å². The first-order valence-electron chi connectivity index (χ1n) is 8.42. The van der Waals surface area contributed by atoms with Gasteiger partial charge in [0.2, 0.25) is 0 Å². The number of guanidine groups is 1. The fourth-order valence-corrected chi connectivity index (χ4v) is 2.36. The number of aliphatic imine (C=N–C) groups is 1. The zero-order chi connectivity index (χ0) is 19.9. The van der Waals surface area contributed by atoms with Crippen LogP contribution in [0.15, 0.2) is 53.5 Å². The lowest BCUT2D eigenvalue weighted by Crippen LogP contribution is -2.39. The van der Waals surface area contributed by atoms with Crippen molar-refractivity contribution >= 4 is 29.9 Å². The summed E-state index contributed by atoms with van der Waals surface area (Å²) in [7, 11) is 0.